The second-order valence-corrected chi connectivity index (χ2v) is 12.9. The van der Waals surface area contributed by atoms with Crippen LogP contribution in [0.3, 0.4) is 0 Å². The van der Waals surface area contributed by atoms with E-state index >= 15 is 4.39 Å². The van der Waals surface area contributed by atoms with E-state index in [-0.39, 0.29) is 28.4 Å². The average molecular weight is 579 g/mol. The van der Waals surface area contributed by atoms with Crippen molar-refractivity contribution in [1.29, 1.82) is 0 Å². The van der Waals surface area contributed by atoms with E-state index in [0.29, 0.717) is 51.8 Å². The van der Waals surface area contributed by atoms with E-state index < -0.39 is 5.82 Å². The molecule has 0 spiro atoms. The number of pyridine rings is 1. The number of phenols is 1. The molecular weight excluding hydrogens is 543 g/mol. The van der Waals surface area contributed by atoms with Gasteiger partial charge in [-0.25, -0.2) is 4.39 Å². The molecule has 2 aromatic heterocycles. The number of rotatable bonds is 7. The van der Waals surface area contributed by atoms with E-state index in [9.17, 15) is 5.11 Å². The number of benzene rings is 2. The number of halogens is 1. The molecule has 3 aliphatic heterocycles. The fourth-order valence-corrected chi connectivity index (χ4v) is 7.36. The van der Waals surface area contributed by atoms with E-state index in [4.69, 9.17) is 16.1 Å². The Hall–Kier alpha value is -4.00. The second kappa shape index (κ2) is 10.3. The molecule has 3 saturated heterocycles. The minimum absolute atomic E-state index is 0.00870. The number of nitrogens with zero attached hydrogens (tertiary/aromatic N) is 5. The molecule has 0 radical (unpaired) electrons. The van der Waals surface area contributed by atoms with E-state index in [1.807, 2.05) is 18.2 Å². The third kappa shape index (κ3) is 4.83. The molecule has 0 unspecified atom stereocenters. The highest BCUT2D eigenvalue weighted by Gasteiger charge is 2.45. The van der Waals surface area contributed by atoms with Gasteiger partial charge in [-0.15, -0.1) is 6.42 Å². The average Bonchev–Trinajstić information content (AvgIpc) is 3.42. The van der Waals surface area contributed by atoms with Gasteiger partial charge in [-0.05, 0) is 75.2 Å². The number of piperazine rings is 1. The molecule has 5 heterocycles. The Labute approximate surface area is 250 Å². The van der Waals surface area contributed by atoms with Crippen LogP contribution in [0, 0.1) is 23.6 Å². The number of phenolic OH excluding ortho intramolecular Hbond substituents is 1. The Morgan fingerprint density at radius 3 is 2.65 bits per heavy atom. The third-order valence-corrected chi connectivity index (χ3v) is 9.75. The predicted octanol–water partition coefficient (Wildman–Crippen LogP) is 4.87. The first kappa shape index (κ1) is 26.6. The maximum Gasteiger partial charge on any atom is 0.319 e. The fraction of sp³-hybridized carbons (Fsp3) is 0.441. The highest BCUT2D eigenvalue weighted by Crippen LogP contribution is 2.47. The van der Waals surface area contributed by atoms with Crippen molar-refractivity contribution >= 4 is 27.5 Å². The lowest BCUT2D eigenvalue weighted by Crippen LogP contribution is -2.51. The van der Waals surface area contributed by atoms with Gasteiger partial charge in [-0.2, -0.15) is 9.97 Å². The van der Waals surface area contributed by atoms with Gasteiger partial charge in [-0.1, -0.05) is 18.1 Å². The lowest BCUT2D eigenvalue weighted by Gasteiger charge is -2.34. The van der Waals surface area contributed by atoms with Gasteiger partial charge in [-0.3, -0.25) is 4.98 Å². The van der Waals surface area contributed by atoms with Crippen molar-refractivity contribution in [2.24, 2.45) is 5.41 Å². The Morgan fingerprint density at radius 2 is 1.91 bits per heavy atom. The van der Waals surface area contributed by atoms with Crippen LogP contribution in [0.2, 0.25) is 0 Å². The molecule has 4 aliphatic rings. The van der Waals surface area contributed by atoms with Crippen LogP contribution in [-0.4, -0.2) is 76.4 Å². The van der Waals surface area contributed by atoms with Crippen LogP contribution in [0.5, 0.6) is 11.8 Å². The van der Waals surface area contributed by atoms with E-state index in [1.165, 1.54) is 18.9 Å². The lowest BCUT2D eigenvalue weighted by atomic mass is 9.96. The molecule has 2 atom stereocenters. The molecule has 2 N–H and O–H groups in total. The first-order valence-electron chi connectivity index (χ1n) is 15.4. The monoisotopic (exact) mass is 578 g/mol. The summed E-state index contributed by atoms with van der Waals surface area (Å²) < 4.78 is 23.1. The van der Waals surface area contributed by atoms with Gasteiger partial charge in [0.05, 0.1) is 12.0 Å². The van der Waals surface area contributed by atoms with Crippen molar-refractivity contribution in [3.8, 4) is 35.4 Å². The summed E-state index contributed by atoms with van der Waals surface area (Å²) in [6.07, 6.45) is 14.5. The maximum absolute atomic E-state index is 16.7. The van der Waals surface area contributed by atoms with Gasteiger partial charge in [0, 0.05) is 59.8 Å². The Kier molecular flexibility index (Phi) is 6.39. The number of hydrogen-bond acceptors (Lipinski definition) is 8. The van der Waals surface area contributed by atoms with Crippen LogP contribution < -0.4 is 15.0 Å². The largest absolute Gasteiger partial charge is 0.508 e. The molecule has 43 heavy (non-hydrogen) atoms. The van der Waals surface area contributed by atoms with Crippen LogP contribution in [0.15, 0.2) is 36.5 Å². The topological polar surface area (TPSA) is 86.6 Å². The summed E-state index contributed by atoms with van der Waals surface area (Å²) in [5.74, 6) is 2.78. The number of aromatic hydroxyl groups is 1. The van der Waals surface area contributed by atoms with Crippen LogP contribution >= 0.6 is 0 Å². The number of aromatic nitrogens is 3. The number of fused-ring (bicyclic) bond motifs is 4. The number of hydrogen-bond donors (Lipinski definition) is 2. The Balaban J connectivity index is 1.23. The summed E-state index contributed by atoms with van der Waals surface area (Å²) >= 11 is 0. The van der Waals surface area contributed by atoms with Crippen molar-refractivity contribution < 1.29 is 14.2 Å². The fourth-order valence-electron chi connectivity index (χ4n) is 7.36. The van der Waals surface area contributed by atoms with Crippen LogP contribution in [-0.2, 0) is 0 Å². The first-order valence-corrected chi connectivity index (χ1v) is 15.4. The minimum Gasteiger partial charge on any atom is -0.508 e. The number of terminal acetylenes is 1. The third-order valence-electron chi connectivity index (χ3n) is 9.75. The van der Waals surface area contributed by atoms with Crippen molar-refractivity contribution in [2.45, 2.75) is 50.6 Å². The summed E-state index contributed by atoms with van der Waals surface area (Å²) in [6, 6.07) is 9.57. The molecule has 8 rings (SSSR count). The van der Waals surface area contributed by atoms with E-state index in [0.717, 1.165) is 58.4 Å². The van der Waals surface area contributed by atoms with Gasteiger partial charge >= 0.3 is 6.01 Å². The molecule has 1 saturated carbocycles. The maximum atomic E-state index is 16.7. The second-order valence-electron chi connectivity index (χ2n) is 12.9. The zero-order valence-electron chi connectivity index (χ0n) is 24.2. The molecule has 1 aliphatic carbocycles. The number of likely N-dealkylation sites (tertiary alicyclic amines) is 1. The van der Waals surface area contributed by atoms with Crippen molar-refractivity contribution in [3.63, 3.8) is 0 Å². The van der Waals surface area contributed by atoms with Crippen molar-refractivity contribution in [2.75, 3.05) is 44.2 Å². The molecule has 4 fully saturated rings. The molecule has 0 amide bonds. The molecule has 220 valence electrons. The molecule has 2 bridgehead atoms. The molecule has 2 aromatic carbocycles. The first-order chi connectivity index (χ1) is 21.0. The van der Waals surface area contributed by atoms with Gasteiger partial charge in [0.2, 0.25) is 0 Å². The molecular formula is C34H35FN6O2. The minimum atomic E-state index is -0.582. The molecule has 4 aromatic rings. The summed E-state index contributed by atoms with van der Waals surface area (Å²) in [4.78, 5) is 18.9. The number of ether oxygens (including phenoxy) is 1. The smallest absolute Gasteiger partial charge is 0.319 e. The zero-order chi connectivity index (χ0) is 29.1. The van der Waals surface area contributed by atoms with Crippen molar-refractivity contribution in [1.82, 2.24) is 25.2 Å². The normalized spacial score (nSPS) is 22.7. The summed E-state index contributed by atoms with van der Waals surface area (Å²) in [5, 5.41) is 16.1. The van der Waals surface area contributed by atoms with Gasteiger partial charge < -0.3 is 25.0 Å². The Morgan fingerprint density at radius 1 is 1.12 bits per heavy atom. The highest BCUT2D eigenvalue weighted by molar-refractivity contribution is 6.02. The van der Waals surface area contributed by atoms with Gasteiger partial charge in [0.25, 0.3) is 0 Å². The summed E-state index contributed by atoms with van der Waals surface area (Å²) in [5.41, 5.74) is 1.39. The SMILES string of the molecule is C#Cc1cccc2cc(O)cc(-c3ncc4c(N5C[C@H]6CC[C@@H](C5)N6)nc(OCC5(CN6CCCC6)CC5)nc4c3F)c12. The van der Waals surface area contributed by atoms with Gasteiger partial charge in [0.1, 0.15) is 22.8 Å². The zero-order valence-corrected chi connectivity index (χ0v) is 24.2. The standard InChI is InChI=1S/C34H35FN6O2/c1-2-21-6-5-7-22-14-25(42)15-26(28(21)22)30-29(35)31-27(16-36-30)32(41-17-23-8-9-24(18-41)37-23)39-33(38-31)43-20-34(10-11-34)19-40-12-3-4-13-40/h1,5-7,14-16,23-24,37,42H,3-4,8-13,17-20H2/t23-,24+. The van der Waals surface area contributed by atoms with Crippen LogP contribution in [0.25, 0.3) is 32.9 Å². The van der Waals surface area contributed by atoms with E-state index in [2.05, 4.69) is 31.0 Å². The van der Waals surface area contributed by atoms with Crippen molar-refractivity contribution in [3.05, 3.63) is 47.9 Å². The number of nitrogens with one attached hydrogen (secondary N) is 1. The summed E-state index contributed by atoms with van der Waals surface area (Å²) in [6.45, 7) is 5.41. The van der Waals surface area contributed by atoms with Crippen LogP contribution in [0.4, 0.5) is 10.2 Å². The predicted molar refractivity (Wildman–Crippen MR) is 165 cm³/mol. The lowest BCUT2D eigenvalue weighted by molar-refractivity contribution is 0.170. The quantitative estimate of drug-likeness (QED) is 0.301. The number of anilines is 1. The highest BCUT2D eigenvalue weighted by atomic mass is 19.1. The molecule has 8 nitrogen and oxygen atoms in total. The van der Waals surface area contributed by atoms with Gasteiger partial charge in [0.15, 0.2) is 5.82 Å². The molecule has 9 heteroatoms. The Bertz CT molecular complexity index is 1770. The van der Waals surface area contributed by atoms with E-state index in [1.54, 1.807) is 12.3 Å². The summed E-state index contributed by atoms with van der Waals surface area (Å²) in [7, 11) is 0. The van der Waals surface area contributed by atoms with Crippen LogP contribution in [0.1, 0.15) is 44.1 Å².